The van der Waals surface area contributed by atoms with E-state index in [2.05, 4.69) is 13.2 Å². The van der Waals surface area contributed by atoms with E-state index in [1.165, 1.54) is 0 Å². The van der Waals surface area contributed by atoms with Crippen molar-refractivity contribution in [3.8, 4) is 11.5 Å². The number of ether oxygens (including phenoxy) is 4. The van der Waals surface area contributed by atoms with Crippen molar-refractivity contribution in [2.24, 2.45) is 0 Å². The lowest BCUT2D eigenvalue weighted by atomic mass is 10.1. The van der Waals surface area contributed by atoms with Crippen LogP contribution < -0.4 is 9.47 Å². The van der Waals surface area contributed by atoms with Crippen LogP contribution in [-0.2, 0) is 25.5 Å². The van der Waals surface area contributed by atoms with Gasteiger partial charge in [-0.05, 0) is 29.8 Å². The second-order valence-corrected chi connectivity index (χ2v) is 5.96. The number of carbonyl (C=O) groups excluding carboxylic acids is 2. The molecule has 0 amide bonds. The average molecular weight is 396 g/mol. The van der Waals surface area contributed by atoms with Crippen molar-refractivity contribution < 1.29 is 28.5 Å². The fourth-order valence-corrected chi connectivity index (χ4v) is 2.30. The van der Waals surface area contributed by atoms with Crippen LogP contribution in [0.2, 0.25) is 0 Å². The SMILES string of the molecule is C=CC(=O)OCCc1ccc(OCC(COc2ccccc2)OC(=O)C=C)cc1. The monoisotopic (exact) mass is 396 g/mol. The van der Waals surface area contributed by atoms with E-state index in [1.807, 2.05) is 42.5 Å². The summed E-state index contributed by atoms with van der Waals surface area (Å²) in [6.45, 7) is 7.31. The van der Waals surface area contributed by atoms with Crippen molar-refractivity contribution in [1.29, 1.82) is 0 Å². The van der Waals surface area contributed by atoms with Gasteiger partial charge in [-0.3, -0.25) is 0 Å². The van der Waals surface area contributed by atoms with Gasteiger partial charge in [-0.25, -0.2) is 9.59 Å². The molecule has 29 heavy (non-hydrogen) atoms. The molecule has 0 N–H and O–H groups in total. The van der Waals surface area contributed by atoms with E-state index in [4.69, 9.17) is 18.9 Å². The fourth-order valence-electron chi connectivity index (χ4n) is 2.30. The Hall–Kier alpha value is -3.54. The molecule has 2 rings (SSSR count). The molecule has 0 spiro atoms. The van der Waals surface area contributed by atoms with Crippen molar-refractivity contribution in [3.05, 3.63) is 85.5 Å². The van der Waals surface area contributed by atoms with Gasteiger partial charge in [0.2, 0.25) is 0 Å². The largest absolute Gasteiger partial charge is 0.490 e. The summed E-state index contributed by atoms with van der Waals surface area (Å²) >= 11 is 0. The number of carbonyl (C=O) groups is 2. The van der Waals surface area contributed by atoms with Gasteiger partial charge >= 0.3 is 11.9 Å². The second kappa shape index (κ2) is 12.0. The minimum atomic E-state index is -0.598. The first-order valence-electron chi connectivity index (χ1n) is 9.12. The van der Waals surface area contributed by atoms with Crippen molar-refractivity contribution in [2.75, 3.05) is 19.8 Å². The summed E-state index contributed by atoms with van der Waals surface area (Å²) < 4.78 is 21.6. The van der Waals surface area contributed by atoms with Crippen LogP contribution >= 0.6 is 0 Å². The van der Waals surface area contributed by atoms with Crippen LogP contribution in [0.4, 0.5) is 0 Å². The molecular formula is C23H24O6. The van der Waals surface area contributed by atoms with Crippen molar-refractivity contribution in [3.63, 3.8) is 0 Å². The van der Waals surface area contributed by atoms with Crippen LogP contribution in [0.1, 0.15) is 5.56 Å². The quantitative estimate of drug-likeness (QED) is 0.404. The molecule has 0 heterocycles. The van der Waals surface area contributed by atoms with Gasteiger partial charge in [-0.15, -0.1) is 0 Å². The van der Waals surface area contributed by atoms with E-state index in [9.17, 15) is 9.59 Å². The molecule has 0 radical (unpaired) electrons. The summed E-state index contributed by atoms with van der Waals surface area (Å²) in [5.41, 5.74) is 0.997. The third kappa shape index (κ3) is 8.34. The molecule has 0 aliphatic carbocycles. The zero-order valence-electron chi connectivity index (χ0n) is 16.1. The normalized spacial score (nSPS) is 11.0. The Kier molecular flexibility index (Phi) is 9.02. The first kappa shape index (κ1) is 21.8. The summed E-state index contributed by atoms with van der Waals surface area (Å²) in [4.78, 5) is 22.6. The maximum atomic E-state index is 11.6. The molecule has 0 bridgehead atoms. The van der Waals surface area contributed by atoms with Gasteiger partial charge in [0.1, 0.15) is 24.7 Å². The van der Waals surface area contributed by atoms with Crippen molar-refractivity contribution in [1.82, 2.24) is 0 Å². The standard InChI is InChI=1S/C23H24O6/c1-3-22(24)26-15-14-18-10-12-20(13-11-18)28-17-21(29-23(25)4-2)16-27-19-8-6-5-7-9-19/h3-13,21H,1-2,14-17H2. The van der Waals surface area contributed by atoms with Crippen LogP contribution in [0.15, 0.2) is 79.9 Å². The van der Waals surface area contributed by atoms with E-state index in [0.717, 1.165) is 17.7 Å². The fraction of sp³-hybridized carbons (Fsp3) is 0.217. The molecule has 1 unspecified atom stereocenters. The predicted octanol–water partition coefficient (Wildman–Crippen LogP) is 3.51. The maximum absolute atomic E-state index is 11.6. The van der Waals surface area contributed by atoms with Gasteiger partial charge in [0, 0.05) is 18.6 Å². The Morgan fingerprint density at radius 1 is 0.828 bits per heavy atom. The Labute approximate surface area is 170 Å². The molecule has 152 valence electrons. The summed E-state index contributed by atoms with van der Waals surface area (Å²) in [7, 11) is 0. The zero-order chi connectivity index (χ0) is 20.9. The topological polar surface area (TPSA) is 71.1 Å². The van der Waals surface area contributed by atoms with Gasteiger partial charge in [-0.1, -0.05) is 43.5 Å². The highest BCUT2D eigenvalue weighted by Gasteiger charge is 2.15. The molecule has 2 aromatic carbocycles. The third-order valence-electron chi connectivity index (χ3n) is 3.79. The smallest absolute Gasteiger partial charge is 0.330 e. The van der Waals surface area contributed by atoms with Gasteiger partial charge in [-0.2, -0.15) is 0 Å². The number of esters is 2. The highest BCUT2D eigenvalue weighted by Crippen LogP contribution is 2.15. The highest BCUT2D eigenvalue weighted by atomic mass is 16.6. The first-order chi connectivity index (χ1) is 14.1. The van der Waals surface area contributed by atoms with Crippen LogP contribution in [-0.4, -0.2) is 37.9 Å². The van der Waals surface area contributed by atoms with E-state index < -0.39 is 18.0 Å². The lowest BCUT2D eigenvalue weighted by Gasteiger charge is -2.18. The summed E-state index contributed by atoms with van der Waals surface area (Å²) in [5, 5.41) is 0. The molecule has 0 aliphatic heterocycles. The predicted molar refractivity (Wildman–Crippen MR) is 109 cm³/mol. The Morgan fingerprint density at radius 3 is 2.00 bits per heavy atom. The molecule has 0 fully saturated rings. The highest BCUT2D eigenvalue weighted by molar-refractivity contribution is 5.81. The van der Waals surface area contributed by atoms with E-state index in [-0.39, 0.29) is 19.8 Å². The summed E-state index contributed by atoms with van der Waals surface area (Å²) in [6, 6.07) is 16.6. The molecule has 6 nitrogen and oxygen atoms in total. The van der Waals surface area contributed by atoms with Crippen LogP contribution in [0, 0.1) is 0 Å². The van der Waals surface area contributed by atoms with E-state index >= 15 is 0 Å². The number of benzene rings is 2. The van der Waals surface area contributed by atoms with Gasteiger partial charge in [0.15, 0.2) is 6.10 Å². The van der Waals surface area contributed by atoms with Gasteiger partial charge in [0.25, 0.3) is 0 Å². The Balaban J connectivity index is 1.84. The number of rotatable bonds is 12. The van der Waals surface area contributed by atoms with E-state index in [0.29, 0.717) is 17.9 Å². The number of hydrogen-bond acceptors (Lipinski definition) is 6. The minimum absolute atomic E-state index is 0.128. The van der Waals surface area contributed by atoms with Gasteiger partial charge < -0.3 is 18.9 Å². The Bertz CT molecular complexity index is 798. The molecule has 2 aromatic rings. The molecule has 0 saturated carbocycles. The number of hydrogen-bond donors (Lipinski definition) is 0. The molecule has 0 saturated heterocycles. The lowest BCUT2D eigenvalue weighted by Crippen LogP contribution is -2.30. The zero-order valence-corrected chi connectivity index (χ0v) is 16.1. The molecule has 0 aliphatic rings. The molecule has 0 aromatic heterocycles. The summed E-state index contributed by atoms with van der Waals surface area (Å²) in [6.07, 6.45) is 2.22. The van der Waals surface area contributed by atoms with Crippen molar-refractivity contribution in [2.45, 2.75) is 12.5 Å². The summed E-state index contributed by atoms with van der Waals surface area (Å²) in [5.74, 6) is 0.312. The number of para-hydroxylation sites is 1. The van der Waals surface area contributed by atoms with Crippen molar-refractivity contribution >= 4 is 11.9 Å². The Morgan fingerprint density at radius 2 is 1.41 bits per heavy atom. The molecule has 1 atom stereocenters. The maximum Gasteiger partial charge on any atom is 0.330 e. The molecular weight excluding hydrogens is 372 g/mol. The second-order valence-electron chi connectivity index (χ2n) is 5.96. The van der Waals surface area contributed by atoms with Gasteiger partial charge in [0.05, 0.1) is 6.61 Å². The lowest BCUT2D eigenvalue weighted by molar-refractivity contribution is -0.146. The average Bonchev–Trinajstić information content (AvgIpc) is 2.76. The van der Waals surface area contributed by atoms with Crippen LogP contribution in [0.3, 0.4) is 0 Å². The molecule has 6 heteroatoms. The van der Waals surface area contributed by atoms with Crippen LogP contribution in [0.25, 0.3) is 0 Å². The third-order valence-corrected chi connectivity index (χ3v) is 3.79. The van der Waals surface area contributed by atoms with Crippen LogP contribution in [0.5, 0.6) is 11.5 Å². The van der Waals surface area contributed by atoms with E-state index in [1.54, 1.807) is 12.1 Å². The first-order valence-corrected chi connectivity index (χ1v) is 9.12. The minimum Gasteiger partial charge on any atom is -0.490 e.